The van der Waals surface area contributed by atoms with Crippen molar-refractivity contribution in [1.82, 2.24) is 0 Å². The predicted octanol–water partition coefficient (Wildman–Crippen LogP) is 6.56. The number of carbonyl (C=O) groups is 2. The van der Waals surface area contributed by atoms with Gasteiger partial charge in [-0.3, -0.25) is 9.59 Å². The number of rotatable bonds is 6. The Bertz CT molecular complexity index is 1190. The summed E-state index contributed by atoms with van der Waals surface area (Å²) in [6.45, 7) is 6.81. The monoisotopic (exact) mass is 490 g/mol. The normalized spacial score (nSPS) is 17.1. The molecule has 5 nitrogen and oxygen atoms in total. The molecule has 182 valence electrons. The maximum Gasteiger partial charge on any atom is 0.258 e. The van der Waals surface area contributed by atoms with Gasteiger partial charge < -0.3 is 14.5 Å². The van der Waals surface area contributed by atoms with Gasteiger partial charge in [0, 0.05) is 34.5 Å². The van der Waals surface area contributed by atoms with E-state index in [1.54, 1.807) is 31.4 Å². The van der Waals surface area contributed by atoms with Gasteiger partial charge in [0.2, 0.25) is 5.91 Å². The van der Waals surface area contributed by atoms with Crippen molar-refractivity contribution in [3.05, 3.63) is 88.9 Å². The third-order valence-electron chi connectivity index (χ3n) is 6.40. The Kier molecular flexibility index (Phi) is 7.46. The van der Waals surface area contributed by atoms with Crippen LogP contribution in [0, 0.1) is 5.92 Å². The van der Waals surface area contributed by atoms with Crippen molar-refractivity contribution < 1.29 is 14.3 Å². The SMILES string of the molecule is COc1ccc(C(=O)N2c3ccccc3[C@@H](C(=O)N(CC(C)C)c3ccc(Cl)cc3)C[C@@H]2C)cc1. The van der Waals surface area contributed by atoms with Crippen LogP contribution in [-0.2, 0) is 4.79 Å². The van der Waals surface area contributed by atoms with Gasteiger partial charge in [-0.05, 0) is 79.4 Å². The van der Waals surface area contributed by atoms with Gasteiger partial charge in [0.05, 0.1) is 13.0 Å². The van der Waals surface area contributed by atoms with E-state index in [1.165, 1.54) is 0 Å². The topological polar surface area (TPSA) is 49.9 Å². The summed E-state index contributed by atoms with van der Waals surface area (Å²) in [6.07, 6.45) is 0.542. The first-order chi connectivity index (χ1) is 16.8. The Morgan fingerprint density at radius 2 is 1.69 bits per heavy atom. The van der Waals surface area contributed by atoms with Crippen LogP contribution in [0.15, 0.2) is 72.8 Å². The Morgan fingerprint density at radius 1 is 1.03 bits per heavy atom. The standard InChI is InChI=1S/C29H31ClN2O3/c1-19(2)18-31(23-13-11-22(30)12-14-23)29(34)26-17-20(3)32(27-8-6-5-7-25(26)27)28(33)21-9-15-24(35-4)16-10-21/h5-16,19-20,26H,17-18H2,1-4H3/t20-,26-/m0/s1. The molecule has 2 atom stereocenters. The molecule has 0 saturated carbocycles. The fourth-order valence-electron chi connectivity index (χ4n) is 4.73. The lowest BCUT2D eigenvalue weighted by Crippen LogP contribution is -2.47. The van der Waals surface area contributed by atoms with Gasteiger partial charge in [-0.1, -0.05) is 43.6 Å². The maximum absolute atomic E-state index is 14.0. The van der Waals surface area contributed by atoms with Crippen LogP contribution in [0.3, 0.4) is 0 Å². The first kappa shape index (κ1) is 24.8. The summed E-state index contributed by atoms with van der Waals surface area (Å²) < 4.78 is 5.23. The summed E-state index contributed by atoms with van der Waals surface area (Å²) in [4.78, 5) is 31.3. The van der Waals surface area contributed by atoms with Gasteiger partial charge in [0.15, 0.2) is 0 Å². The summed E-state index contributed by atoms with van der Waals surface area (Å²) >= 11 is 6.10. The van der Waals surface area contributed by atoms with Crippen molar-refractivity contribution >= 4 is 34.8 Å². The smallest absolute Gasteiger partial charge is 0.258 e. The summed E-state index contributed by atoms with van der Waals surface area (Å²) in [5.41, 5.74) is 3.07. The average molecular weight is 491 g/mol. The molecule has 4 rings (SSSR count). The van der Waals surface area contributed by atoms with Crippen LogP contribution in [-0.4, -0.2) is 31.5 Å². The molecule has 0 radical (unpaired) electrons. The van der Waals surface area contributed by atoms with E-state index in [-0.39, 0.29) is 23.8 Å². The molecule has 35 heavy (non-hydrogen) atoms. The lowest BCUT2D eigenvalue weighted by Gasteiger charge is -2.40. The van der Waals surface area contributed by atoms with Gasteiger partial charge in [0.25, 0.3) is 5.91 Å². The quantitative estimate of drug-likeness (QED) is 0.393. The first-order valence-electron chi connectivity index (χ1n) is 11.9. The summed E-state index contributed by atoms with van der Waals surface area (Å²) in [6, 6.07) is 22.1. The molecule has 3 aromatic rings. The molecule has 0 fully saturated rings. The molecule has 0 N–H and O–H groups in total. The largest absolute Gasteiger partial charge is 0.497 e. The van der Waals surface area contributed by atoms with Crippen LogP contribution in [0.25, 0.3) is 0 Å². The Labute approximate surface area is 212 Å². The van der Waals surface area contributed by atoms with Crippen molar-refractivity contribution in [2.45, 2.75) is 39.2 Å². The zero-order chi connectivity index (χ0) is 25.1. The fraction of sp³-hybridized carbons (Fsp3) is 0.310. The second kappa shape index (κ2) is 10.5. The number of anilines is 2. The molecule has 0 aliphatic carbocycles. The molecule has 6 heteroatoms. The number of nitrogens with zero attached hydrogens (tertiary/aromatic N) is 2. The molecule has 3 aromatic carbocycles. The maximum atomic E-state index is 14.0. The van der Waals surface area contributed by atoms with Crippen LogP contribution in [0.4, 0.5) is 11.4 Å². The van der Waals surface area contributed by atoms with E-state index in [1.807, 2.05) is 65.3 Å². The van der Waals surface area contributed by atoms with Gasteiger partial charge in [-0.25, -0.2) is 0 Å². The van der Waals surface area contributed by atoms with Crippen molar-refractivity contribution in [3.63, 3.8) is 0 Å². The number of amides is 2. The van der Waals surface area contributed by atoms with Gasteiger partial charge in [-0.2, -0.15) is 0 Å². The van der Waals surface area contributed by atoms with Crippen molar-refractivity contribution in [2.75, 3.05) is 23.5 Å². The lowest BCUT2D eigenvalue weighted by atomic mass is 9.84. The number of methoxy groups -OCH3 is 1. The molecule has 0 aromatic heterocycles. The van der Waals surface area contributed by atoms with E-state index in [0.29, 0.717) is 35.2 Å². The molecule has 0 unspecified atom stereocenters. The number of fused-ring (bicyclic) bond motifs is 1. The highest BCUT2D eigenvalue weighted by atomic mass is 35.5. The molecule has 1 aliphatic rings. The first-order valence-corrected chi connectivity index (χ1v) is 12.3. The van der Waals surface area contributed by atoms with Crippen LogP contribution in [0.1, 0.15) is 49.0 Å². The minimum atomic E-state index is -0.351. The van der Waals surface area contributed by atoms with Crippen LogP contribution >= 0.6 is 11.6 Å². The van der Waals surface area contributed by atoms with E-state index in [4.69, 9.17) is 16.3 Å². The van der Waals surface area contributed by atoms with Gasteiger partial charge >= 0.3 is 0 Å². The van der Waals surface area contributed by atoms with Crippen molar-refractivity contribution in [1.29, 1.82) is 0 Å². The van der Waals surface area contributed by atoms with Crippen LogP contribution < -0.4 is 14.5 Å². The third kappa shape index (κ3) is 5.20. The van der Waals surface area contributed by atoms with Gasteiger partial charge in [0.1, 0.15) is 5.75 Å². The summed E-state index contributed by atoms with van der Waals surface area (Å²) in [7, 11) is 1.60. The highest BCUT2D eigenvalue weighted by molar-refractivity contribution is 6.30. The zero-order valence-corrected chi connectivity index (χ0v) is 21.3. The fourth-order valence-corrected chi connectivity index (χ4v) is 4.85. The number of hydrogen-bond donors (Lipinski definition) is 0. The van der Waals surface area contributed by atoms with Crippen LogP contribution in [0.5, 0.6) is 5.75 Å². The van der Waals surface area contributed by atoms with Crippen molar-refractivity contribution in [3.8, 4) is 5.75 Å². The Balaban J connectivity index is 1.70. The van der Waals surface area contributed by atoms with Crippen molar-refractivity contribution in [2.24, 2.45) is 5.92 Å². The van der Waals surface area contributed by atoms with E-state index >= 15 is 0 Å². The van der Waals surface area contributed by atoms with E-state index < -0.39 is 0 Å². The third-order valence-corrected chi connectivity index (χ3v) is 6.65. The molecule has 0 spiro atoms. The number of ether oxygens (including phenoxy) is 1. The molecular formula is C29H31ClN2O3. The van der Waals surface area contributed by atoms with E-state index in [2.05, 4.69) is 13.8 Å². The van der Waals surface area contributed by atoms with E-state index in [9.17, 15) is 9.59 Å². The molecule has 2 amide bonds. The highest BCUT2D eigenvalue weighted by Crippen LogP contribution is 2.41. The zero-order valence-electron chi connectivity index (χ0n) is 20.6. The minimum Gasteiger partial charge on any atom is -0.497 e. The molecule has 0 bridgehead atoms. The molecule has 1 aliphatic heterocycles. The number of carbonyl (C=O) groups excluding carboxylic acids is 2. The number of benzene rings is 3. The lowest BCUT2D eigenvalue weighted by molar-refractivity contribution is -0.120. The number of para-hydroxylation sites is 1. The number of halogens is 1. The second-order valence-electron chi connectivity index (χ2n) is 9.42. The minimum absolute atomic E-state index is 0.0388. The molecular weight excluding hydrogens is 460 g/mol. The Morgan fingerprint density at radius 3 is 2.31 bits per heavy atom. The average Bonchev–Trinajstić information content (AvgIpc) is 2.86. The summed E-state index contributed by atoms with van der Waals surface area (Å²) in [5, 5.41) is 0.634. The highest BCUT2D eigenvalue weighted by Gasteiger charge is 2.39. The van der Waals surface area contributed by atoms with E-state index in [0.717, 1.165) is 16.9 Å². The molecule has 0 saturated heterocycles. The van der Waals surface area contributed by atoms with Gasteiger partial charge in [-0.15, -0.1) is 0 Å². The summed E-state index contributed by atoms with van der Waals surface area (Å²) in [5.74, 6) is 0.591. The molecule has 1 heterocycles. The second-order valence-corrected chi connectivity index (χ2v) is 9.86. The predicted molar refractivity (Wildman–Crippen MR) is 142 cm³/mol. The Hall–Kier alpha value is -3.31. The van der Waals surface area contributed by atoms with Crippen LogP contribution in [0.2, 0.25) is 5.02 Å². The number of hydrogen-bond acceptors (Lipinski definition) is 3.